The van der Waals surface area contributed by atoms with Crippen molar-refractivity contribution in [3.63, 3.8) is 0 Å². The molecule has 0 heterocycles. The largest absolute Gasteiger partial charge is 0.504 e. The molecule has 0 aliphatic rings. The lowest BCUT2D eigenvalue weighted by molar-refractivity contribution is 0.373. The second-order valence-corrected chi connectivity index (χ2v) is 5.13. The molecule has 100 valence electrons. The summed E-state index contributed by atoms with van der Waals surface area (Å²) in [4.78, 5) is 0. The maximum Gasteiger partial charge on any atom is 0.160 e. The summed E-state index contributed by atoms with van der Waals surface area (Å²) in [5, 5.41) is 12.9. The van der Waals surface area contributed by atoms with Gasteiger partial charge in [-0.15, -0.1) is 0 Å². The van der Waals surface area contributed by atoms with Gasteiger partial charge in [0.1, 0.15) is 0 Å². The van der Waals surface area contributed by atoms with Crippen LogP contribution in [0.25, 0.3) is 0 Å². The van der Waals surface area contributed by atoms with E-state index in [9.17, 15) is 5.11 Å². The Morgan fingerprint density at radius 3 is 2.79 bits per heavy atom. The second-order valence-electron chi connectivity index (χ2n) is 4.27. The second kappa shape index (κ2) is 5.97. The molecule has 3 nitrogen and oxygen atoms in total. The van der Waals surface area contributed by atoms with Crippen LogP contribution in [0.4, 0.5) is 5.69 Å². The Morgan fingerprint density at radius 2 is 2.05 bits per heavy atom. The summed E-state index contributed by atoms with van der Waals surface area (Å²) in [7, 11) is 1.55. The van der Waals surface area contributed by atoms with Crippen LogP contribution in [0, 0.1) is 6.92 Å². The molecule has 0 atom stereocenters. The van der Waals surface area contributed by atoms with Crippen LogP contribution in [0.1, 0.15) is 11.1 Å². The molecule has 2 aromatic rings. The lowest BCUT2D eigenvalue weighted by Crippen LogP contribution is -2.01. The van der Waals surface area contributed by atoms with E-state index in [4.69, 9.17) is 4.74 Å². The molecule has 0 aromatic heterocycles. The van der Waals surface area contributed by atoms with Gasteiger partial charge in [-0.05, 0) is 42.3 Å². The minimum atomic E-state index is 0.157. The van der Waals surface area contributed by atoms with Crippen molar-refractivity contribution in [2.45, 2.75) is 13.5 Å². The van der Waals surface area contributed by atoms with Crippen LogP contribution in [0.3, 0.4) is 0 Å². The van der Waals surface area contributed by atoms with E-state index < -0.39 is 0 Å². The van der Waals surface area contributed by atoms with E-state index in [-0.39, 0.29) is 5.75 Å². The number of phenolic OH excluding ortho intramolecular Hbond substituents is 1. The molecule has 0 amide bonds. The van der Waals surface area contributed by atoms with Gasteiger partial charge < -0.3 is 15.2 Å². The number of rotatable bonds is 4. The molecule has 19 heavy (non-hydrogen) atoms. The van der Waals surface area contributed by atoms with Gasteiger partial charge in [-0.25, -0.2) is 0 Å². The smallest absolute Gasteiger partial charge is 0.160 e. The first-order valence-electron chi connectivity index (χ1n) is 5.96. The van der Waals surface area contributed by atoms with Crippen LogP contribution in [0.15, 0.2) is 40.9 Å². The maximum absolute atomic E-state index is 9.55. The minimum Gasteiger partial charge on any atom is -0.504 e. The molecule has 2 rings (SSSR count). The SMILES string of the molecule is COc1cc(CNc2cccc(Br)c2C)ccc1O. The van der Waals surface area contributed by atoms with Crippen molar-refractivity contribution in [3.05, 3.63) is 52.0 Å². The monoisotopic (exact) mass is 321 g/mol. The van der Waals surface area contributed by atoms with Crippen LogP contribution in [0.2, 0.25) is 0 Å². The van der Waals surface area contributed by atoms with Gasteiger partial charge in [0, 0.05) is 16.7 Å². The van der Waals surface area contributed by atoms with E-state index in [0.717, 1.165) is 15.7 Å². The molecular formula is C15H16BrNO2. The van der Waals surface area contributed by atoms with E-state index in [1.165, 1.54) is 5.56 Å². The van der Waals surface area contributed by atoms with Gasteiger partial charge in [0.15, 0.2) is 11.5 Å². The zero-order valence-corrected chi connectivity index (χ0v) is 12.5. The summed E-state index contributed by atoms with van der Waals surface area (Å²) < 4.78 is 6.18. The maximum atomic E-state index is 9.55. The summed E-state index contributed by atoms with van der Waals surface area (Å²) in [6.07, 6.45) is 0. The molecule has 0 bridgehead atoms. The Morgan fingerprint density at radius 1 is 1.26 bits per heavy atom. The lowest BCUT2D eigenvalue weighted by atomic mass is 10.1. The van der Waals surface area contributed by atoms with Crippen molar-refractivity contribution in [2.24, 2.45) is 0 Å². The highest BCUT2D eigenvalue weighted by Crippen LogP contribution is 2.27. The van der Waals surface area contributed by atoms with Crippen LogP contribution in [0.5, 0.6) is 11.5 Å². The number of ether oxygens (including phenoxy) is 1. The standard InChI is InChI=1S/C15H16BrNO2/c1-10-12(16)4-3-5-13(10)17-9-11-6-7-14(18)15(8-11)19-2/h3-8,17-18H,9H2,1-2H3. The van der Waals surface area contributed by atoms with Crippen molar-refractivity contribution < 1.29 is 9.84 Å². The Labute approximate surface area is 121 Å². The number of aromatic hydroxyl groups is 1. The van der Waals surface area contributed by atoms with Crippen molar-refractivity contribution in [3.8, 4) is 11.5 Å². The molecule has 0 saturated heterocycles. The first kappa shape index (κ1) is 13.7. The zero-order valence-electron chi connectivity index (χ0n) is 10.9. The minimum absolute atomic E-state index is 0.157. The quantitative estimate of drug-likeness (QED) is 0.891. The highest BCUT2D eigenvalue weighted by molar-refractivity contribution is 9.10. The summed E-state index contributed by atoms with van der Waals surface area (Å²) in [6, 6.07) is 11.4. The summed E-state index contributed by atoms with van der Waals surface area (Å²) >= 11 is 3.51. The van der Waals surface area contributed by atoms with Gasteiger partial charge in [0.05, 0.1) is 7.11 Å². The zero-order chi connectivity index (χ0) is 13.8. The highest BCUT2D eigenvalue weighted by atomic mass is 79.9. The molecule has 0 saturated carbocycles. The number of hydrogen-bond donors (Lipinski definition) is 2. The van der Waals surface area contributed by atoms with Crippen molar-refractivity contribution in [1.82, 2.24) is 0 Å². The first-order valence-corrected chi connectivity index (χ1v) is 6.76. The van der Waals surface area contributed by atoms with Gasteiger partial charge >= 0.3 is 0 Å². The topological polar surface area (TPSA) is 41.5 Å². The van der Waals surface area contributed by atoms with E-state index in [0.29, 0.717) is 12.3 Å². The Hall–Kier alpha value is -1.68. The molecule has 0 radical (unpaired) electrons. The molecule has 0 aliphatic heterocycles. The van der Waals surface area contributed by atoms with Crippen molar-refractivity contribution in [2.75, 3.05) is 12.4 Å². The van der Waals surface area contributed by atoms with E-state index in [1.807, 2.05) is 30.3 Å². The van der Waals surface area contributed by atoms with Gasteiger partial charge in [0.25, 0.3) is 0 Å². The molecule has 0 aliphatic carbocycles. The number of nitrogens with one attached hydrogen (secondary N) is 1. The average Bonchev–Trinajstić information content (AvgIpc) is 2.42. The fourth-order valence-electron chi connectivity index (χ4n) is 1.83. The Balaban J connectivity index is 2.12. The number of halogens is 1. The molecule has 0 fully saturated rings. The molecular weight excluding hydrogens is 306 g/mol. The number of phenols is 1. The van der Waals surface area contributed by atoms with Crippen LogP contribution >= 0.6 is 15.9 Å². The summed E-state index contributed by atoms with van der Waals surface area (Å²) in [5.74, 6) is 0.648. The molecule has 4 heteroatoms. The number of benzene rings is 2. The van der Waals surface area contributed by atoms with Crippen LogP contribution in [-0.2, 0) is 6.54 Å². The third-order valence-electron chi connectivity index (χ3n) is 2.99. The average molecular weight is 322 g/mol. The van der Waals surface area contributed by atoms with Gasteiger partial charge in [-0.1, -0.05) is 28.1 Å². The van der Waals surface area contributed by atoms with Gasteiger partial charge in [0.2, 0.25) is 0 Å². The summed E-state index contributed by atoms with van der Waals surface area (Å²) in [5.41, 5.74) is 3.31. The Bertz CT molecular complexity index is 584. The first-order chi connectivity index (χ1) is 9.11. The highest BCUT2D eigenvalue weighted by Gasteiger charge is 2.04. The number of methoxy groups -OCH3 is 1. The fraction of sp³-hybridized carbons (Fsp3) is 0.200. The van der Waals surface area contributed by atoms with Crippen LogP contribution < -0.4 is 10.1 Å². The predicted octanol–water partition coefficient (Wildman–Crippen LogP) is 4.08. The molecule has 2 aromatic carbocycles. The molecule has 2 N–H and O–H groups in total. The van der Waals surface area contributed by atoms with Crippen molar-refractivity contribution >= 4 is 21.6 Å². The Kier molecular flexibility index (Phi) is 4.32. The molecule has 0 unspecified atom stereocenters. The third kappa shape index (κ3) is 3.20. The predicted molar refractivity (Wildman–Crippen MR) is 80.9 cm³/mol. The molecule has 0 spiro atoms. The summed E-state index contributed by atoms with van der Waals surface area (Å²) in [6.45, 7) is 2.73. The van der Waals surface area contributed by atoms with Crippen LogP contribution in [-0.4, -0.2) is 12.2 Å². The lowest BCUT2D eigenvalue weighted by Gasteiger charge is -2.12. The van der Waals surface area contributed by atoms with Crippen molar-refractivity contribution in [1.29, 1.82) is 0 Å². The van der Waals surface area contributed by atoms with Gasteiger partial charge in [-0.2, -0.15) is 0 Å². The third-order valence-corrected chi connectivity index (χ3v) is 3.85. The fourth-order valence-corrected chi connectivity index (χ4v) is 2.19. The van der Waals surface area contributed by atoms with Gasteiger partial charge in [-0.3, -0.25) is 0 Å². The van der Waals surface area contributed by atoms with E-state index in [2.05, 4.69) is 28.2 Å². The normalized spacial score (nSPS) is 10.3. The van der Waals surface area contributed by atoms with E-state index in [1.54, 1.807) is 13.2 Å². The number of hydrogen-bond acceptors (Lipinski definition) is 3. The number of anilines is 1. The van der Waals surface area contributed by atoms with E-state index >= 15 is 0 Å².